The zero-order chi connectivity index (χ0) is 11.5. The van der Waals surface area contributed by atoms with Gasteiger partial charge in [0.05, 0.1) is 5.69 Å². The van der Waals surface area contributed by atoms with Gasteiger partial charge in [-0.05, 0) is 17.9 Å². The van der Waals surface area contributed by atoms with E-state index in [2.05, 4.69) is 5.10 Å². The third kappa shape index (κ3) is 2.04. The molecule has 0 atom stereocenters. The highest BCUT2D eigenvalue weighted by molar-refractivity contribution is 7.09. The van der Waals surface area contributed by atoms with Crippen LogP contribution in [0.15, 0.2) is 17.5 Å². The molecule has 2 aromatic rings. The first-order valence-electron chi connectivity index (χ1n) is 5.19. The van der Waals surface area contributed by atoms with Crippen molar-refractivity contribution in [1.29, 1.82) is 0 Å². The average Bonchev–Trinajstić information content (AvgIpc) is 2.86. The molecule has 0 saturated heterocycles. The second-order valence-electron chi connectivity index (χ2n) is 3.51. The van der Waals surface area contributed by atoms with Gasteiger partial charge in [-0.1, -0.05) is 13.0 Å². The highest BCUT2D eigenvalue weighted by atomic mass is 32.1. The quantitative estimate of drug-likeness (QED) is 0.887. The van der Waals surface area contributed by atoms with Gasteiger partial charge in [0.2, 0.25) is 5.88 Å². The number of aryl methyl sites for hydroxylation is 2. The molecule has 16 heavy (non-hydrogen) atoms. The maximum atomic E-state index is 5.95. The van der Waals surface area contributed by atoms with Crippen molar-refractivity contribution in [2.75, 3.05) is 5.73 Å². The summed E-state index contributed by atoms with van der Waals surface area (Å²) in [5.74, 6) is 0.658. The van der Waals surface area contributed by atoms with Gasteiger partial charge >= 0.3 is 0 Å². The summed E-state index contributed by atoms with van der Waals surface area (Å²) >= 11 is 1.67. The summed E-state index contributed by atoms with van der Waals surface area (Å²) in [5.41, 5.74) is 7.50. The zero-order valence-electron chi connectivity index (χ0n) is 9.43. The molecule has 0 unspecified atom stereocenters. The molecular weight excluding hydrogens is 222 g/mol. The molecule has 4 nitrogen and oxygen atoms in total. The second-order valence-corrected chi connectivity index (χ2v) is 4.54. The van der Waals surface area contributed by atoms with Crippen molar-refractivity contribution in [3.63, 3.8) is 0 Å². The van der Waals surface area contributed by atoms with Gasteiger partial charge in [0, 0.05) is 11.9 Å². The van der Waals surface area contributed by atoms with Crippen molar-refractivity contribution < 1.29 is 4.74 Å². The van der Waals surface area contributed by atoms with E-state index in [0.29, 0.717) is 18.2 Å². The number of nitrogens with two attached hydrogens (primary N) is 1. The van der Waals surface area contributed by atoms with E-state index in [1.165, 1.54) is 4.88 Å². The van der Waals surface area contributed by atoms with Crippen LogP contribution in [0, 0.1) is 0 Å². The first-order chi connectivity index (χ1) is 7.72. The highest BCUT2D eigenvalue weighted by Crippen LogP contribution is 2.26. The van der Waals surface area contributed by atoms with Crippen molar-refractivity contribution in [1.82, 2.24) is 9.78 Å². The van der Waals surface area contributed by atoms with Crippen molar-refractivity contribution in [2.24, 2.45) is 7.05 Å². The van der Waals surface area contributed by atoms with Crippen LogP contribution in [0.5, 0.6) is 5.88 Å². The molecule has 5 heteroatoms. The summed E-state index contributed by atoms with van der Waals surface area (Å²) in [7, 11) is 1.85. The molecule has 0 aliphatic rings. The van der Waals surface area contributed by atoms with Crippen molar-refractivity contribution in [2.45, 2.75) is 20.0 Å². The van der Waals surface area contributed by atoms with Crippen LogP contribution < -0.4 is 10.5 Å². The Morgan fingerprint density at radius 1 is 1.56 bits per heavy atom. The van der Waals surface area contributed by atoms with Crippen LogP contribution in [0.2, 0.25) is 0 Å². The molecule has 0 bridgehead atoms. The summed E-state index contributed by atoms with van der Waals surface area (Å²) in [6.07, 6.45) is 0.821. The van der Waals surface area contributed by atoms with Crippen molar-refractivity contribution in [3.8, 4) is 5.88 Å². The number of hydrogen-bond acceptors (Lipinski definition) is 4. The molecule has 0 aromatic carbocycles. The predicted octanol–water partition coefficient (Wildman–Crippen LogP) is 2.21. The Balaban J connectivity index is 2.12. The Kier molecular flexibility index (Phi) is 3.14. The van der Waals surface area contributed by atoms with Gasteiger partial charge in [-0.2, -0.15) is 5.10 Å². The molecule has 2 rings (SSSR count). The van der Waals surface area contributed by atoms with Gasteiger partial charge in [0.15, 0.2) is 0 Å². The Morgan fingerprint density at radius 2 is 2.38 bits per heavy atom. The van der Waals surface area contributed by atoms with Gasteiger partial charge in [0.25, 0.3) is 0 Å². The molecule has 0 radical (unpaired) electrons. The minimum Gasteiger partial charge on any atom is -0.471 e. The fraction of sp³-hybridized carbons (Fsp3) is 0.364. The summed E-state index contributed by atoms with van der Waals surface area (Å²) < 4.78 is 7.38. The lowest BCUT2D eigenvalue weighted by Gasteiger charge is -2.05. The van der Waals surface area contributed by atoms with E-state index in [-0.39, 0.29) is 0 Å². The summed E-state index contributed by atoms with van der Waals surface area (Å²) in [4.78, 5) is 1.18. The number of rotatable bonds is 4. The summed E-state index contributed by atoms with van der Waals surface area (Å²) in [6.45, 7) is 2.58. The largest absolute Gasteiger partial charge is 0.471 e. The number of ether oxygens (including phenoxy) is 1. The number of nitrogens with zero attached hydrogens (tertiary/aromatic N) is 2. The van der Waals surface area contributed by atoms with E-state index in [1.54, 1.807) is 16.0 Å². The third-order valence-electron chi connectivity index (χ3n) is 2.37. The van der Waals surface area contributed by atoms with E-state index < -0.39 is 0 Å². The van der Waals surface area contributed by atoms with Gasteiger partial charge < -0.3 is 10.5 Å². The molecule has 0 spiro atoms. The summed E-state index contributed by atoms with van der Waals surface area (Å²) in [6, 6.07) is 4.05. The number of hydrogen-bond donors (Lipinski definition) is 1. The lowest BCUT2D eigenvalue weighted by atomic mass is 10.3. The normalized spacial score (nSPS) is 10.6. The minimum absolute atomic E-state index is 0.546. The Labute approximate surface area is 98.6 Å². The molecule has 0 amide bonds. The maximum Gasteiger partial charge on any atom is 0.236 e. The van der Waals surface area contributed by atoms with Crippen LogP contribution in [-0.4, -0.2) is 9.78 Å². The minimum atomic E-state index is 0.546. The second kappa shape index (κ2) is 4.57. The van der Waals surface area contributed by atoms with E-state index >= 15 is 0 Å². The van der Waals surface area contributed by atoms with E-state index in [1.807, 2.05) is 31.5 Å². The number of anilines is 1. The van der Waals surface area contributed by atoms with Gasteiger partial charge in [-0.3, -0.25) is 0 Å². The topological polar surface area (TPSA) is 53.1 Å². The fourth-order valence-corrected chi connectivity index (χ4v) is 2.16. The van der Waals surface area contributed by atoms with Crippen LogP contribution in [-0.2, 0) is 20.1 Å². The SMILES string of the molecule is CCc1nn(C)c(OCc2cccs2)c1N. The molecule has 0 saturated carbocycles. The fourth-order valence-electron chi connectivity index (χ4n) is 1.54. The Hall–Kier alpha value is -1.49. The van der Waals surface area contributed by atoms with E-state index in [4.69, 9.17) is 10.5 Å². The lowest BCUT2D eigenvalue weighted by molar-refractivity contribution is 0.283. The Bertz CT molecular complexity index is 462. The van der Waals surface area contributed by atoms with E-state index in [9.17, 15) is 0 Å². The van der Waals surface area contributed by atoms with E-state index in [0.717, 1.165) is 12.1 Å². The maximum absolute atomic E-state index is 5.95. The molecule has 0 aliphatic heterocycles. The first kappa shape index (κ1) is 11.0. The van der Waals surface area contributed by atoms with Crippen LogP contribution in [0.1, 0.15) is 17.5 Å². The molecule has 2 aromatic heterocycles. The monoisotopic (exact) mass is 237 g/mol. The van der Waals surface area contributed by atoms with Crippen LogP contribution in [0.4, 0.5) is 5.69 Å². The third-order valence-corrected chi connectivity index (χ3v) is 3.22. The predicted molar refractivity (Wildman–Crippen MR) is 65.6 cm³/mol. The average molecular weight is 237 g/mol. The van der Waals surface area contributed by atoms with Crippen molar-refractivity contribution in [3.05, 3.63) is 28.1 Å². The number of nitrogen functional groups attached to an aromatic ring is 1. The lowest BCUT2D eigenvalue weighted by Crippen LogP contribution is -2.01. The van der Waals surface area contributed by atoms with Gasteiger partial charge in [0.1, 0.15) is 12.3 Å². The molecule has 0 aliphatic carbocycles. The van der Waals surface area contributed by atoms with Crippen LogP contribution in [0.3, 0.4) is 0 Å². The molecular formula is C11H15N3OS. The smallest absolute Gasteiger partial charge is 0.236 e. The molecule has 2 heterocycles. The molecule has 0 fully saturated rings. The number of aromatic nitrogens is 2. The highest BCUT2D eigenvalue weighted by Gasteiger charge is 2.13. The molecule has 2 N–H and O–H groups in total. The summed E-state index contributed by atoms with van der Waals surface area (Å²) in [5, 5.41) is 6.33. The first-order valence-corrected chi connectivity index (χ1v) is 6.06. The van der Waals surface area contributed by atoms with Crippen LogP contribution in [0.25, 0.3) is 0 Å². The Morgan fingerprint density at radius 3 is 2.94 bits per heavy atom. The van der Waals surface area contributed by atoms with Gasteiger partial charge in [-0.15, -0.1) is 11.3 Å². The molecule has 86 valence electrons. The zero-order valence-corrected chi connectivity index (χ0v) is 10.3. The standard InChI is InChI=1S/C11H15N3OS/c1-3-9-10(12)11(14(2)13-9)15-7-8-5-4-6-16-8/h4-6H,3,7,12H2,1-2H3. The van der Waals surface area contributed by atoms with Crippen LogP contribution >= 0.6 is 11.3 Å². The number of thiophene rings is 1. The van der Waals surface area contributed by atoms with Gasteiger partial charge in [-0.25, -0.2) is 4.68 Å². The van der Waals surface area contributed by atoms with Crippen molar-refractivity contribution >= 4 is 17.0 Å².